The zero-order chi connectivity index (χ0) is 13.8. The lowest BCUT2D eigenvalue weighted by Crippen LogP contribution is -2.38. The van der Waals surface area contributed by atoms with Gasteiger partial charge in [-0.1, -0.05) is 30.7 Å². The maximum Gasteiger partial charge on any atom is 0.223 e. The average Bonchev–Trinajstić information content (AvgIpc) is 2.92. The van der Waals surface area contributed by atoms with Gasteiger partial charge in [0.2, 0.25) is 5.91 Å². The topological polar surface area (TPSA) is 41.1 Å². The summed E-state index contributed by atoms with van der Waals surface area (Å²) in [6.07, 6.45) is 6.75. The van der Waals surface area contributed by atoms with Gasteiger partial charge in [0.25, 0.3) is 0 Å². The number of fused-ring (bicyclic) bond motifs is 1. The van der Waals surface area contributed by atoms with E-state index in [4.69, 9.17) is 0 Å². The second-order valence-electron chi connectivity index (χ2n) is 6.10. The van der Waals surface area contributed by atoms with Gasteiger partial charge in [-0.05, 0) is 49.8 Å². The van der Waals surface area contributed by atoms with Gasteiger partial charge in [-0.25, -0.2) is 0 Å². The van der Waals surface area contributed by atoms with Crippen LogP contribution in [0.5, 0.6) is 0 Å². The minimum Gasteiger partial charge on any atom is -0.356 e. The summed E-state index contributed by atoms with van der Waals surface area (Å²) in [5.41, 5.74) is 2.70. The van der Waals surface area contributed by atoms with E-state index in [-0.39, 0.29) is 11.8 Å². The normalized spacial score (nSPS) is 22.5. The van der Waals surface area contributed by atoms with Crippen molar-refractivity contribution in [2.75, 3.05) is 13.1 Å². The Bertz CT molecular complexity index is 441. The van der Waals surface area contributed by atoms with E-state index < -0.39 is 0 Å². The summed E-state index contributed by atoms with van der Waals surface area (Å²) in [5, 5.41) is 6.65. The Morgan fingerprint density at radius 1 is 1.20 bits per heavy atom. The predicted molar refractivity (Wildman–Crippen MR) is 80.6 cm³/mol. The number of benzene rings is 1. The molecule has 2 N–H and O–H groups in total. The first-order valence-corrected chi connectivity index (χ1v) is 7.91. The molecule has 1 aliphatic carbocycles. The Morgan fingerprint density at radius 3 is 2.60 bits per heavy atom. The van der Waals surface area contributed by atoms with Crippen molar-refractivity contribution in [2.24, 2.45) is 5.92 Å². The first-order chi connectivity index (χ1) is 9.83. The summed E-state index contributed by atoms with van der Waals surface area (Å²) in [6.45, 7) is 1.94. The summed E-state index contributed by atoms with van der Waals surface area (Å²) in [7, 11) is 0. The molecule has 3 nitrogen and oxygen atoms in total. The minimum atomic E-state index is 0.145. The first-order valence-electron chi connectivity index (χ1n) is 7.91. The number of piperidine rings is 1. The third-order valence-electron chi connectivity index (χ3n) is 4.63. The zero-order valence-electron chi connectivity index (χ0n) is 12.0. The fourth-order valence-electron chi connectivity index (χ4n) is 3.43. The van der Waals surface area contributed by atoms with E-state index in [0.717, 1.165) is 32.4 Å². The van der Waals surface area contributed by atoms with Crippen molar-refractivity contribution in [1.29, 1.82) is 0 Å². The molecule has 0 spiro atoms. The zero-order valence-corrected chi connectivity index (χ0v) is 12.0. The van der Waals surface area contributed by atoms with E-state index in [9.17, 15) is 4.79 Å². The minimum absolute atomic E-state index is 0.145. The van der Waals surface area contributed by atoms with Gasteiger partial charge in [-0.15, -0.1) is 0 Å². The SMILES string of the molecule is O=C(NCC[C@@H]1CCCCN1)C1Cc2ccccc2C1. The van der Waals surface area contributed by atoms with Crippen LogP contribution < -0.4 is 10.6 Å². The highest BCUT2D eigenvalue weighted by atomic mass is 16.1. The fraction of sp³-hybridized carbons (Fsp3) is 0.588. The van der Waals surface area contributed by atoms with Gasteiger partial charge in [0.05, 0.1) is 0 Å². The number of hydrogen-bond acceptors (Lipinski definition) is 2. The number of hydrogen-bond donors (Lipinski definition) is 2. The van der Waals surface area contributed by atoms with Gasteiger partial charge < -0.3 is 10.6 Å². The second-order valence-corrected chi connectivity index (χ2v) is 6.10. The number of nitrogens with one attached hydrogen (secondary N) is 2. The van der Waals surface area contributed by atoms with E-state index in [2.05, 4.69) is 34.9 Å². The highest BCUT2D eigenvalue weighted by Gasteiger charge is 2.26. The van der Waals surface area contributed by atoms with E-state index in [1.807, 2.05) is 0 Å². The highest BCUT2D eigenvalue weighted by Crippen LogP contribution is 2.26. The second kappa shape index (κ2) is 6.40. The van der Waals surface area contributed by atoms with Crippen molar-refractivity contribution in [2.45, 2.75) is 44.6 Å². The molecule has 1 aromatic carbocycles. The summed E-state index contributed by atoms with van der Waals surface area (Å²) < 4.78 is 0. The number of amides is 1. The largest absolute Gasteiger partial charge is 0.356 e. The molecule has 3 rings (SSSR count). The molecular formula is C17H24N2O. The lowest BCUT2D eigenvalue weighted by atomic mass is 10.0. The van der Waals surface area contributed by atoms with Gasteiger partial charge in [0.15, 0.2) is 0 Å². The van der Waals surface area contributed by atoms with Crippen molar-refractivity contribution in [3.8, 4) is 0 Å². The van der Waals surface area contributed by atoms with Crippen LogP contribution in [-0.4, -0.2) is 25.0 Å². The molecule has 1 saturated heterocycles. The fourth-order valence-corrected chi connectivity index (χ4v) is 3.43. The standard InChI is InChI=1S/C17H24N2O/c20-17(19-10-8-16-7-3-4-9-18-16)15-11-13-5-1-2-6-14(13)12-15/h1-2,5-6,15-16,18H,3-4,7-12H2,(H,19,20)/t16-/m0/s1. The van der Waals surface area contributed by atoms with Crippen LogP contribution in [0.4, 0.5) is 0 Å². The lowest BCUT2D eigenvalue weighted by Gasteiger charge is -2.23. The van der Waals surface area contributed by atoms with Crippen molar-refractivity contribution in [3.05, 3.63) is 35.4 Å². The predicted octanol–water partition coefficient (Wildman–Crippen LogP) is 2.05. The first kappa shape index (κ1) is 13.6. The molecule has 1 heterocycles. The quantitative estimate of drug-likeness (QED) is 0.881. The Kier molecular flexibility index (Phi) is 4.36. The number of carbonyl (C=O) groups excluding carboxylic acids is 1. The van der Waals surface area contributed by atoms with Crippen molar-refractivity contribution in [3.63, 3.8) is 0 Å². The van der Waals surface area contributed by atoms with E-state index >= 15 is 0 Å². The summed E-state index contributed by atoms with van der Waals surface area (Å²) in [6, 6.07) is 9.02. The smallest absolute Gasteiger partial charge is 0.223 e. The number of carbonyl (C=O) groups is 1. The molecule has 0 radical (unpaired) electrons. The van der Waals surface area contributed by atoms with E-state index in [0.29, 0.717) is 6.04 Å². The van der Waals surface area contributed by atoms with Gasteiger partial charge in [0, 0.05) is 18.5 Å². The molecule has 1 aliphatic heterocycles. The molecule has 0 unspecified atom stereocenters. The van der Waals surface area contributed by atoms with Crippen LogP contribution >= 0.6 is 0 Å². The monoisotopic (exact) mass is 272 g/mol. The van der Waals surface area contributed by atoms with Gasteiger partial charge >= 0.3 is 0 Å². The molecule has 0 aromatic heterocycles. The van der Waals surface area contributed by atoms with Crippen LogP contribution in [0.25, 0.3) is 0 Å². The molecular weight excluding hydrogens is 248 g/mol. The van der Waals surface area contributed by atoms with Crippen LogP contribution in [0.15, 0.2) is 24.3 Å². The Balaban J connectivity index is 1.42. The van der Waals surface area contributed by atoms with Crippen molar-refractivity contribution >= 4 is 5.91 Å². The molecule has 0 saturated carbocycles. The van der Waals surface area contributed by atoms with Crippen LogP contribution in [0, 0.1) is 5.92 Å². The molecule has 1 amide bonds. The average molecular weight is 272 g/mol. The Hall–Kier alpha value is -1.35. The van der Waals surface area contributed by atoms with Crippen LogP contribution in [-0.2, 0) is 17.6 Å². The Morgan fingerprint density at radius 2 is 1.95 bits per heavy atom. The molecule has 1 atom stereocenters. The van der Waals surface area contributed by atoms with Gasteiger partial charge in [-0.2, -0.15) is 0 Å². The van der Waals surface area contributed by atoms with Gasteiger partial charge in [-0.3, -0.25) is 4.79 Å². The molecule has 1 fully saturated rings. The van der Waals surface area contributed by atoms with Crippen LogP contribution in [0.1, 0.15) is 36.8 Å². The Labute approximate surface area is 121 Å². The van der Waals surface area contributed by atoms with Crippen molar-refractivity contribution < 1.29 is 4.79 Å². The number of rotatable bonds is 4. The van der Waals surface area contributed by atoms with Crippen LogP contribution in [0.3, 0.4) is 0 Å². The summed E-state index contributed by atoms with van der Waals surface area (Å²) in [4.78, 5) is 12.2. The molecule has 20 heavy (non-hydrogen) atoms. The summed E-state index contributed by atoms with van der Waals surface area (Å²) >= 11 is 0. The molecule has 1 aromatic rings. The van der Waals surface area contributed by atoms with Gasteiger partial charge in [0.1, 0.15) is 0 Å². The molecule has 3 heteroatoms. The highest BCUT2D eigenvalue weighted by molar-refractivity contribution is 5.80. The molecule has 2 aliphatic rings. The maximum atomic E-state index is 12.2. The molecule has 0 bridgehead atoms. The van der Waals surface area contributed by atoms with Crippen molar-refractivity contribution in [1.82, 2.24) is 10.6 Å². The van der Waals surface area contributed by atoms with E-state index in [1.165, 1.54) is 30.4 Å². The lowest BCUT2D eigenvalue weighted by molar-refractivity contribution is -0.124. The molecule has 108 valence electrons. The summed E-state index contributed by atoms with van der Waals surface area (Å²) in [5.74, 6) is 0.378. The van der Waals surface area contributed by atoms with Crippen LogP contribution in [0.2, 0.25) is 0 Å². The third kappa shape index (κ3) is 3.21. The maximum absolute atomic E-state index is 12.2. The van der Waals surface area contributed by atoms with E-state index in [1.54, 1.807) is 0 Å². The third-order valence-corrected chi connectivity index (χ3v) is 4.63.